The molecule has 1 aliphatic heterocycles. The van der Waals surface area contributed by atoms with Gasteiger partial charge in [0, 0.05) is 24.1 Å². The summed E-state index contributed by atoms with van der Waals surface area (Å²) >= 11 is 0. The van der Waals surface area contributed by atoms with Gasteiger partial charge in [-0.25, -0.2) is 13.9 Å². The van der Waals surface area contributed by atoms with Gasteiger partial charge in [0.1, 0.15) is 19.8 Å². The molecule has 41 heavy (non-hydrogen) atoms. The highest BCUT2D eigenvalue weighted by atomic mass is 31.3. The van der Waals surface area contributed by atoms with E-state index in [1.165, 1.54) is 12.1 Å². The highest BCUT2D eigenvalue weighted by molar-refractivity contribution is 7.66. The number of nitrogens with zero attached hydrogens (tertiary/aromatic N) is 1. The Kier molecular flexibility index (Phi) is 11.0. The minimum Gasteiger partial charge on any atom is -0.778 e. The predicted molar refractivity (Wildman–Crippen MR) is 131 cm³/mol. The number of aromatic nitrogens is 2. The Balaban J connectivity index is 1.74. The fourth-order valence-corrected chi connectivity index (χ4v) is 7.43. The topological polar surface area (TPSA) is 297 Å². The normalized spacial score (nSPS) is 25.0. The van der Waals surface area contributed by atoms with Crippen molar-refractivity contribution in [2.45, 2.75) is 31.0 Å². The smallest absolute Gasteiger partial charge is 0.412 e. The van der Waals surface area contributed by atoms with Gasteiger partial charge in [-0.05, 0) is 25.1 Å². The standard InChI is InChI=1S/C19H27N4O15P3/c20-8-4-10-39(28,29)37-41(32,33)38-40(30,31)34-11-13-15(25)16(36-19(27)21-12-5-2-1-3-6-12)17(35-13)23-9-7-14(24)22-18(23)26/h1-3,5-7,9,13,15-17,25H,4,8,10-11,20H2,(H,21,27)(H,28,29)(H,30,31)(H,32,33)(H,22,24,26)/p-3/t13-,15+,16?,17-/m1/s1. The van der Waals surface area contributed by atoms with E-state index in [2.05, 4.69) is 18.5 Å². The number of phosphoric acid groups is 2. The zero-order valence-corrected chi connectivity index (χ0v) is 23.4. The number of aliphatic hydroxyl groups excluding tert-OH is 1. The maximum absolute atomic E-state index is 12.5. The highest BCUT2D eigenvalue weighted by Gasteiger charge is 2.48. The number of ether oxygens (including phenoxy) is 2. The number of nitrogens with one attached hydrogen (secondary N) is 2. The molecule has 1 amide bonds. The molecular weight excluding hydrogens is 617 g/mol. The molecule has 0 bridgehead atoms. The first-order valence-electron chi connectivity index (χ1n) is 11.5. The summed E-state index contributed by atoms with van der Waals surface area (Å²) in [5.74, 6) is 0. The van der Waals surface area contributed by atoms with Crippen molar-refractivity contribution in [3.63, 3.8) is 0 Å². The molecule has 1 saturated heterocycles. The number of H-pyrrole nitrogens is 1. The molecule has 0 aliphatic carbocycles. The Bertz CT molecular complexity index is 1470. The Morgan fingerprint density at radius 3 is 2.41 bits per heavy atom. The molecule has 0 saturated carbocycles. The number of hydrogen-bond acceptors (Lipinski definition) is 16. The molecule has 2 aromatic rings. The summed E-state index contributed by atoms with van der Waals surface area (Å²) in [5, 5.41) is 13.1. The van der Waals surface area contributed by atoms with Crippen LogP contribution in [0.1, 0.15) is 12.6 Å². The number of carbonyl (C=O) groups is 1. The van der Waals surface area contributed by atoms with Crippen LogP contribution in [0.5, 0.6) is 0 Å². The molecule has 0 radical (unpaired) electrons. The molecular formula is C19H24N4O15P3-3. The molecule has 22 heteroatoms. The van der Waals surface area contributed by atoms with E-state index in [0.29, 0.717) is 5.69 Å². The van der Waals surface area contributed by atoms with Crippen molar-refractivity contribution in [2.24, 2.45) is 5.73 Å². The second-order valence-electron chi connectivity index (χ2n) is 8.26. The van der Waals surface area contributed by atoms with Crippen LogP contribution in [-0.4, -0.2) is 58.4 Å². The van der Waals surface area contributed by atoms with Gasteiger partial charge in [-0.3, -0.25) is 33.1 Å². The van der Waals surface area contributed by atoms with Crippen LogP contribution < -0.4 is 37.0 Å². The Hall–Kier alpha value is -2.50. The first kappa shape index (κ1) is 33.0. The SMILES string of the molecule is NCCCP(=O)([O-])OP(=O)([O-])OP(=O)([O-])OC[C@H]1O[C@@H](n2ccc(=O)[nH]c2=O)C(OC(=O)Nc2ccccc2)[C@H]1O. The van der Waals surface area contributed by atoms with Gasteiger partial charge in [0.15, 0.2) is 12.3 Å². The zero-order valence-electron chi connectivity index (χ0n) is 20.7. The minimum atomic E-state index is -6.02. The monoisotopic (exact) mass is 641 g/mol. The van der Waals surface area contributed by atoms with Crippen LogP contribution in [-0.2, 0) is 36.3 Å². The lowest BCUT2D eigenvalue weighted by molar-refractivity contribution is -0.246. The van der Waals surface area contributed by atoms with Crippen molar-refractivity contribution in [2.75, 3.05) is 24.6 Å². The average molecular weight is 641 g/mol. The molecule has 1 aromatic carbocycles. The van der Waals surface area contributed by atoms with Gasteiger partial charge < -0.3 is 44.1 Å². The molecule has 1 aromatic heterocycles. The average Bonchev–Trinajstić information content (AvgIpc) is 3.15. The molecule has 1 aliphatic rings. The fourth-order valence-electron chi connectivity index (χ4n) is 3.43. The van der Waals surface area contributed by atoms with E-state index in [-0.39, 0.29) is 13.0 Å². The quantitative estimate of drug-likeness (QED) is 0.177. The number of phosphoric ester groups is 1. The van der Waals surface area contributed by atoms with E-state index >= 15 is 0 Å². The zero-order chi connectivity index (χ0) is 30.4. The van der Waals surface area contributed by atoms with E-state index in [1.807, 2.05) is 4.98 Å². The predicted octanol–water partition coefficient (Wildman–Crippen LogP) is -1.70. The van der Waals surface area contributed by atoms with Crippen molar-refractivity contribution in [3.8, 4) is 0 Å². The van der Waals surface area contributed by atoms with Crippen LogP contribution in [0.3, 0.4) is 0 Å². The number of nitrogens with two attached hydrogens (primary N) is 1. The maximum atomic E-state index is 12.5. The summed E-state index contributed by atoms with van der Waals surface area (Å²) in [6, 6.07) is 8.81. The third-order valence-corrected chi connectivity index (χ3v) is 9.88. The third kappa shape index (κ3) is 9.78. The number of amides is 1. The number of anilines is 1. The molecule has 7 atom stereocenters. The summed E-state index contributed by atoms with van der Waals surface area (Å²) in [4.78, 5) is 73.8. The number of aromatic amines is 1. The summed E-state index contributed by atoms with van der Waals surface area (Å²) in [6.07, 6.45) is -8.12. The van der Waals surface area contributed by atoms with Crippen LogP contribution in [0.15, 0.2) is 52.2 Å². The minimum absolute atomic E-state index is 0.128. The molecule has 19 nitrogen and oxygen atoms in total. The van der Waals surface area contributed by atoms with Gasteiger partial charge in [0.05, 0.1) is 6.61 Å². The van der Waals surface area contributed by atoms with Gasteiger partial charge >= 0.3 is 11.8 Å². The second-order valence-corrected chi connectivity index (χ2v) is 13.3. The maximum Gasteiger partial charge on any atom is 0.412 e. The number of aliphatic hydroxyl groups is 1. The molecule has 4 unspecified atom stereocenters. The van der Waals surface area contributed by atoms with Gasteiger partial charge in [-0.2, -0.15) is 0 Å². The number of hydrogen-bond donors (Lipinski definition) is 4. The summed E-state index contributed by atoms with van der Waals surface area (Å²) in [6.45, 7) is -1.30. The molecule has 1 fully saturated rings. The first-order chi connectivity index (χ1) is 19.1. The van der Waals surface area contributed by atoms with Gasteiger partial charge in [0.25, 0.3) is 21.2 Å². The van der Waals surface area contributed by atoms with E-state index in [4.69, 9.17) is 15.2 Å². The summed E-state index contributed by atoms with van der Waals surface area (Å²) < 4.78 is 59.0. The number of benzene rings is 1. The summed E-state index contributed by atoms with van der Waals surface area (Å²) in [5.41, 5.74) is 3.60. The number of para-hydroxylation sites is 1. The molecule has 228 valence electrons. The van der Waals surface area contributed by atoms with E-state index in [0.717, 1.165) is 16.8 Å². The lowest BCUT2D eigenvalue weighted by Gasteiger charge is -2.35. The van der Waals surface area contributed by atoms with Crippen molar-refractivity contribution in [3.05, 3.63) is 63.4 Å². The Labute approximate surface area is 230 Å². The lowest BCUT2D eigenvalue weighted by atomic mass is 10.1. The van der Waals surface area contributed by atoms with E-state index < -0.39 is 77.9 Å². The fraction of sp³-hybridized carbons (Fsp3) is 0.421. The Morgan fingerprint density at radius 2 is 1.78 bits per heavy atom. The van der Waals surface area contributed by atoms with Gasteiger partial charge in [0.2, 0.25) is 0 Å². The van der Waals surface area contributed by atoms with Crippen molar-refractivity contribution in [1.29, 1.82) is 0 Å². The van der Waals surface area contributed by atoms with Gasteiger partial charge in [-0.1, -0.05) is 18.2 Å². The summed E-state index contributed by atoms with van der Waals surface area (Å²) in [7, 11) is -17.0. The highest BCUT2D eigenvalue weighted by Crippen LogP contribution is 2.62. The van der Waals surface area contributed by atoms with Crippen molar-refractivity contribution in [1.82, 2.24) is 9.55 Å². The second kappa shape index (κ2) is 13.6. The van der Waals surface area contributed by atoms with Gasteiger partial charge in [-0.15, -0.1) is 0 Å². The molecule has 3 rings (SSSR count). The molecule has 0 spiro atoms. The molecule has 2 heterocycles. The van der Waals surface area contributed by atoms with Crippen LogP contribution in [0.2, 0.25) is 0 Å². The van der Waals surface area contributed by atoms with Crippen LogP contribution >= 0.6 is 23.2 Å². The van der Waals surface area contributed by atoms with E-state index in [9.17, 15) is 47.9 Å². The van der Waals surface area contributed by atoms with Crippen LogP contribution in [0, 0.1) is 0 Å². The van der Waals surface area contributed by atoms with Crippen molar-refractivity contribution < 1.29 is 60.9 Å². The first-order valence-corrected chi connectivity index (χ1v) is 16.1. The number of carbonyl (C=O) groups excluding carboxylic acids is 1. The van der Waals surface area contributed by atoms with Crippen molar-refractivity contribution >= 4 is 35.0 Å². The van der Waals surface area contributed by atoms with E-state index in [1.54, 1.807) is 18.2 Å². The van der Waals surface area contributed by atoms with Crippen LogP contribution in [0.4, 0.5) is 10.5 Å². The Morgan fingerprint density at radius 1 is 1.10 bits per heavy atom. The largest absolute Gasteiger partial charge is 0.778 e. The molecule has 5 N–H and O–H groups in total. The van der Waals surface area contributed by atoms with Crippen LogP contribution in [0.25, 0.3) is 0 Å². The third-order valence-electron chi connectivity index (χ3n) is 5.16. The number of rotatable bonds is 13. The lowest BCUT2D eigenvalue weighted by Crippen LogP contribution is -2.41.